The smallest absolute Gasteiger partial charge is 0.404 e. The van der Waals surface area contributed by atoms with Crippen molar-refractivity contribution in [1.29, 1.82) is 0 Å². The first-order chi connectivity index (χ1) is 10.7. The van der Waals surface area contributed by atoms with Crippen LogP contribution in [0.25, 0.3) is 0 Å². The number of alkyl halides is 3. The Morgan fingerprint density at radius 2 is 1.92 bits per heavy atom. The van der Waals surface area contributed by atoms with Gasteiger partial charge in [-0.3, -0.25) is 19.5 Å². The maximum atomic E-state index is 12.8. The molecule has 0 amide bonds. The van der Waals surface area contributed by atoms with E-state index in [0.29, 0.717) is 17.1 Å². The van der Waals surface area contributed by atoms with E-state index >= 15 is 0 Å². The number of rotatable bonds is 7. The second-order valence-corrected chi connectivity index (χ2v) is 7.22. The number of halogens is 3. The molecule has 0 aromatic heterocycles. The third-order valence-electron chi connectivity index (χ3n) is 2.71. The Labute approximate surface area is 135 Å². The van der Waals surface area contributed by atoms with Gasteiger partial charge >= 0.3 is 14.0 Å². The molecule has 1 N–H and O–H groups in total. The molecule has 0 aliphatic heterocycles. The lowest BCUT2D eigenvalue weighted by Crippen LogP contribution is -2.37. The molecule has 0 bridgehead atoms. The number of likely N-dealkylation sites (N-methyl/N-ethyl adjacent to an activating group) is 1. The van der Waals surface area contributed by atoms with E-state index in [9.17, 15) is 32.7 Å². The summed E-state index contributed by atoms with van der Waals surface area (Å²) in [7, 11) is 0.753. The van der Waals surface area contributed by atoms with E-state index < -0.39 is 35.9 Å². The summed E-state index contributed by atoms with van der Waals surface area (Å²) in [5.74, 6) is -0.663. The van der Waals surface area contributed by atoms with Crippen LogP contribution < -0.4 is 4.52 Å². The van der Waals surface area contributed by atoms with Crippen LogP contribution in [0.5, 0.6) is 5.75 Å². The van der Waals surface area contributed by atoms with E-state index in [2.05, 4.69) is 9.05 Å². The summed E-state index contributed by atoms with van der Waals surface area (Å²) in [6.07, 6.45) is -5.02. The van der Waals surface area contributed by atoms with Crippen LogP contribution >= 0.6 is 7.82 Å². The Balaban J connectivity index is 2.95. The van der Waals surface area contributed by atoms with Crippen molar-refractivity contribution in [1.82, 2.24) is 0 Å². The normalized spacial score (nSPS) is 15.0. The Bertz CT molecular complexity index is 659. The monoisotopic (exact) mass is 373 g/mol. The first-order valence-corrected chi connectivity index (χ1v) is 8.04. The number of hydrogen-bond donors (Lipinski definition) is 1. The van der Waals surface area contributed by atoms with Crippen molar-refractivity contribution in [3.8, 4) is 5.75 Å². The summed E-state index contributed by atoms with van der Waals surface area (Å²) >= 11 is 0. The van der Waals surface area contributed by atoms with E-state index in [1.54, 1.807) is 21.1 Å². The van der Waals surface area contributed by atoms with Gasteiger partial charge in [0.2, 0.25) is 0 Å². The Morgan fingerprint density at radius 1 is 1.33 bits per heavy atom. The van der Waals surface area contributed by atoms with E-state index in [0.717, 1.165) is 6.07 Å². The quantitative estimate of drug-likeness (QED) is 0.342. The van der Waals surface area contributed by atoms with Crippen molar-refractivity contribution in [2.45, 2.75) is 6.18 Å². The van der Waals surface area contributed by atoms with Crippen LogP contribution in [0, 0.1) is 10.1 Å². The van der Waals surface area contributed by atoms with Crippen LogP contribution in [0.4, 0.5) is 18.9 Å². The largest absolute Gasteiger partial charge is 0.527 e. The van der Waals surface area contributed by atoms with E-state index in [-0.39, 0.29) is 12.7 Å². The number of benzene rings is 1. The van der Waals surface area contributed by atoms with Gasteiger partial charge in [-0.1, -0.05) is 0 Å². The van der Waals surface area contributed by atoms with Crippen molar-refractivity contribution in [3.05, 3.63) is 33.9 Å². The predicted molar refractivity (Wildman–Crippen MR) is 77.4 cm³/mol. The zero-order valence-electron chi connectivity index (χ0n) is 13.1. The van der Waals surface area contributed by atoms with E-state index in [1.807, 2.05) is 0 Å². The second kappa shape index (κ2) is 7.06. The first-order valence-electron chi connectivity index (χ1n) is 6.54. The Morgan fingerprint density at radius 3 is 2.38 bits per heavy atom. The molecule has 1 atom stereocenters. The topological polar surface area (TPSA) is 98.9 Å². The lowest BCUT2D eigenvalue weighted by Gasteiger charge is -2.24. The fraction of sp³-hybridized carbons (Fsp3) is 0.500. The number of nitrogens with zero attached hydrogens (tertiary/aromatic N) is 2. The summed E-state index contributed by atoms with van der Waals surface area (Å²) in [6.45, 7) is 0.179. The van der Waals surface area contributed by atoms with Gasteiger partial charge in [0.15, 0.2) is 0 Å². The molecular formula is C12H17F3N2O6P+. The summed E-state index contributed by atoms with van der Waals surface area (Å²) < 4.78 is 59.9. The maximum absolute atomic E-state index is 12.8. The van der Waals surface area contributed by atoms with Crippen LogP contribution in [0.3, 0.4) is 0 Å². The van der Waals surface area contributed by atoms with Gasteiger partial charge in [0.25, 0.3) is 5.69 Å². The average molecular weight is 373 g/mol. The molecule has 0 heterocycles. The Kier molecular flexibility index (Phi) is 5.99. The molecule has 136 valence electrons. The SMILES string of the molecule is C[N+](C)(C)CCOP(=O)(O)Oc1ccc([N+](=O)[O-])c(C(F)(F)F)c1. The van der Waals surface area contributed by atoms with Gasteiger partial charge in [-0.25, -0.2) is 4.57 Å². The highest BCUT2D eigenvalue weighted by atomic mass is 31.2. The molecule has 1 rings (SSSR count). The van der Waals surface area contributed by atoms with Crippen LogP contribution in [-0.2, 0) is 15.3 Å². The Hall–Kier alpha value is -1.68. The van der Waals surface area contributed by atoms with Crippen LogP contribution in [0.2, 0.25) is 0 Å². The number of phosphoric ester groups is 1. The minimum Gasteiger partial charge on any atom is -0.404 e. The average Bonchev–Trinajstić information content (AvgIpc) is 2.34. The minimum atomic E-state index is -5.02. The van der Waals surface area contributed by atoms with E-state index in [4.69, 9.17) is 0 Å². The summed E-state index contributed by atoms with van der Waals surface area (Å²) in [5.41, 5.74) is -2.77. The van der Waals surface area contributed by atoms with Gasteiger partial charge in [-0.2, -0.15) is 13.2 Å². The predicted octanol–water partition coefficient (Wildman–Crippen LogP) is 2.82. The molecule has 12 heteroatoms. The molecule has 24 heavy (non-hydrogen) atoms. The fourth-order valence-electron chi connectivity index (χ4n) is 1.55. The second-order valence-electron chi connectivity index (χ2n) is 5.84. The van der Waals surface area contributed by atoms with Gasteiger partial charge in [0.05, 0.1) is 26.1 Å². The fourth-order valence-corrected chi connectivity index (χ4v) is 2.29. The first kappa shape index (κ1) is 20.4. The number of phosphoric acid groups is 1. The molecule has 1 aromatic rings. The minimum absolute atomic E-state index is 0.170. The molecule has 8 nitrogen and oxygen atoms in total. The van der Waals surface area contributed by atoms with Gasteiger partial charge in [0.1, 0.15) is 24.5 Å². The number of hydrogen-bond acceptors (Lipinski definition) is 5. The van der Waals surface area contributed by atoms with Crippen LogP contribution in [0.15, 0.2) is 18.2 Å². The lowest BCUT2D eigenvalue weighted by atomic mass is 10.1. The van der Waals surface area contributed by atoms with Gasteiger partial charge in [-0.05, 0) is 12.1 Å². The molecule has 0 radical (unpaired) electrons. The molecular weight excluding hydrogens is 356 g/mol. The van der Waals surface area contributed by atoms with Crippen molar-refractivity contribution in [2.24, 2.45) is 0 Å². The number of nitro benzene ring substituents is 1. The summed E-state index contributed by atoms with van der Waals surface area (Å²) in [6, 6.07) is 1.62. The lowest BCUT2D eigenvalue weighted by molar-refractivity contribution is -0.870. The summed E-state index contributed by atoms with van der Waals surface area (Å²) in [5, 5.41) is 10.6. The van der Waals surface area contributed by atoms with Crippen molar-refractivity contribution >= 4 is 13.5 Å². The van der Waals surface area contributed by atoms with Crippen molar-refractivity contribution in [2.75, 3.05) is 34.3 Å². The van der Waals surface area contributed by atoms with Crippen LogP contribution in [-0.4, -0.2) is 48.6 Å². The van der Waals surface area contributed by atoms with Crippen molar-refractivity contribution < 1.29 is 41.1 Å². The van der Waals surface area contributed by atoms with Gasteiger partial charge in [0, 0.05) is 6.07 Å². The molecule has 0 saturated heterocycles. The zero-order valence-corrected chi connectivity index (χ0v) is 14.0. The van der Waals surface area contributed by atoms with Gasteiger partial charge in [-0.15, -0.1) is 0 Å². The standard InChI is InChI=1S/C12H16F3N2O6P/c1-17(2,3)6-7-22-24(20,21)23-9-4-5-11(16(18)19)10(8-9)12(13,14)15/h4-5,8H,6-7H2,1-3H3/p+1. The van der Waals surface area contributed by atoms with Gasteiger partial charge < -0.3 is 9.01 Å². The number of nitro groups is 1. The molecule has 0 fully saturated rings. The molecule has 1 aromatic carbocycles. The number of quaternary nitrogens is 1. The molecule has 0 aliphatic carbocycles. The molecule has 0 spiro atoms. The highest BCUT2D eigenvalue weighted by Gasteiger charge is 2.39. The summed E-state index contributed by atoms with van der Waals surface area (Å²) in [4.78, 5) is 19.0. The molecule has 0 aliphatic rings. The zero-order chi connectivity index (χ0) is 18.8. The highest BCUT2D eigenvalue weighted by molar-refractivity contribution is 7.47. The third kappa shape index (κ3) is 6.44. The highest BCUT2D eigenvalue weighted by Crippen LogP contribution is 2.46. The van der Waals surface area contributed by atoms with Crippen LogP contribution in [0.1, 0.15) is 5.56 Å². The van der Waals surface area contributed by atoms with E-state index in [1.165, 1.54) is 0 Å². The van der Waals surface area contributed by atoms with Crippen molar-refractivity contribution in [3.63, 3.8) is 0 Å². The maximum Gasteiger partial charge on any atom is 0.527 e. The molecule has 1 unspecified atom stereocenters. The molecule has 0 saturated carbocycles. The third-order valence-corrected chi connectivity index (χ3v) is 3.66.